The number of nitrogens with two attached hydrogens (primary N) is 1. The number of halogens is 2. The van der Waals surface area contributed by atoms with E-state index in [0.717, 1.165) is 23.8 Å². The van der Waals surface area contributed by atoms with Gasteiger partial charge in [-0.1, -0.05) is 51.1 Å². The predicted molar refractivity (Wildman–Crippen MR) is 302 cm³/mol. The van der Waals surface area contributed by atoms with Gasteiger partial charge in [-0.05, 0) is 79.6 Å². The van der Waals surface area contributed by atoms with Crippen molar-refractivity contribution in [2.75, 3.05) is 32.8 Å². The summed E-state index contributed by atoms with van der Waals surface area (Å²) in [5, 5.41) is 28.2. The summed E-state index contributed by atoms with van der Waals surface area (Å²) in [5.74, 6) is -11.2. The van der Waals surface area contributed by atoms with Crippen molar-refractivity contribution >= 4 is 70.9 Å². The number of aliphatic hydroxyl groups is 1. The van der Waals surface area contributed by atoms with Crippen molar-refractivity contribution in [3.63, 3.8) is 0 Å². The summed E-state index contributed by atoms with van der Waals surface area (Å²) in [6, 6.07) is 9.97. The average Bonchev–Trinajstić information content (AvgIpc) is 3.30. The van der Waals surface area contributed by atoms with E-state index in [1.54, 1.807) is 61.9 Å². The SMILES string of the molecule is C[C@H](NC(=O)Cc1ccncc1)C(=O)N[C@H](C)C(=O)N[C@@H](CC(N)=O)C(=O)N[C@@H](CCN(C(=O)CO)[C@@H](c1cc(-c2cc(F)ccc2F)cn1Cc1ccccc1)C(C)(C)C)C(=O)NCCNC(=O)CNC(=O)CCCC(=O)ON1C(=O)CCC1=O. The first-order valence-electron chi connectivity index (χ1n) is 27.6. The molecule has 10 N–H and O–H groups in total. The van der Waals surface area contributed by atoms with Crippen LogP contribution in [-0.4, -0.2) is 153 Å². The van der Waals surface area contributed by atoms with E-state index in [9.17, 15) is 67.0 Å². The maximum Gasteiger partial charge on any atom is 0.333 e. The molecule has 1 aliphatic heterocycles. The van der Waals surface area contributed by atoms with Gasteiger partial charge in [0.25, 0.3) is 11.8 Å². The van der Waals surface area contributed by atoms with Gasteiger partial charge in [0.1, 0.15) is 42.4 Å². The molecule has 1 aliphatic rings. The van der Waals surface area contributed by atoms with Crippen LogP contribution in [0.4, 0.5) is 8.78 Å². The lowest BCUT2D eigenvalue weighted by molar-refractivity contribution is -0.197. The van der Waals surface area contributed by atoms with Gasteiger partial charge in [-0.25, -0.2) is 13.6 Å². The van der Waals surface area contributed by atoms with E-state index >= 15 is 4.39 Å². The fraction of sp³-hybridized carbons (Fsp3) is 0.431. The van der Waals surface area contributed by atoms with Crippen LogP contribution in [0, 0.1) is 17.0 Å². The van der Waals surface area contributed by atoms with Gasteiger partial charge in [-0.15, -0.1) is 5.06 Å². The second-order valence-electron chi connectivity index (χ2n) is 21.4. The molecule has 1 saturated heterocycles. The number of hydroxylamine groups is 2. The summed E-state index contributed by atoms with van der Waals surface area (Å²) < 4.78 is 31.9. The molecule has 2 aromatic carbocycles. The smallest absolute Gasteiger partial charge is 0.333 e. The number of rotatable bonds is 31. The van der Waals surface area contributed by atoms with Crippen LogP contribution in [0.25, 0.3) is 11.1 Å². The van der Waals surface area contributed by atoms with Crippen LogP contribution < -0.4 is 43.0 Å². The third kappa shape index (κ3) is 20.7. The summed E-state index contributed by atoms with van der Waals surface area (Å²) in [6.45, 7) is 5.67. The van der Waals surface area contributed by atoms with Crippen molar-refractivity contribution in [1.82, 2.24) is 56.7 Å². The molecule has 2 aromatic heterocycles. The van der Waals surface area contributed by atoms with Crippen LogP contribution in [0.2, 0.25) is 0 Å². The van der Waals surface area contributed by atoms with E-state index in [4.69, 9.17) is 10.6 Å². The van der Waals surface area contributed by atoms with Crippen LogP contribution in [0.15, 0.2) is 85.3 Å². The Bertz CT molecular complexity index is 3110. The summed E-state index contributed by atoms with van der Waals surface area (Å²) in [5.41, 5.74) is 6.59. The highest BCUT2D eigenvalue weighted by molar-refractivity contribution is 6.01. The number of benzene rings is 2. The molecule has 462 valence electrons. The lowest BCUT2D eigenvalue weighted by Crippen LogP contribution is -2.58. The second kappa shape index (κ2) is 32.0. The Morgan fingerprint density at radius 3 is 2.02 bits per heavy atom. The number of nitrogens with zero attached hydrogens (tertiary/aromatic N) is 4. The molecular weight excluding hydrogens is 1130 g/mol. The molecule has 1 fully saturated rings. The van der Waals surface area contributed by atoms with E-state index in [1.165, 1.54) is 31.1 Å². The fourth-order valence-corrected chi connectivity index (χ4v) is 9.10. The number of primary amides is 1. The Morgan fingerprint density at radius 1 is 0.733 bits per heavy atom. The van der Waals surface area contributed by atoms with Gasteiger partial charge in [0, 0.05) is 87.3 Å². The molecule has 4 aromatic rings. The normalized spacial score (nSPS) is 13.9. The molecule has 26 nitrogen and oxygen atoms in total. The summed E-state index contributed by atoms with van der Waals surface area (Å²) in [6.07, 6.45) is 2.50. The molecular formula is C58H72F2N12O14. The van der Waals surface area contributed by atoms with Gasteiger partial charge >= 0.3 is 5.97 Å². The Hall–Kier alpha value is -9.47. The number of aromatic nitrogens is 2. The van der Waals surface area contributed by atoms with E-state index < -0.39 is 151 Å². The van der Waals surface area contributed by atoms with Gasteiger partial charge in [0.15, 0.2) is 0 Å². The number of aliphatic hydroxyl groups excluding tert-OH is 1. The fourth-order valence-electron chi connectivity index (χ4n) is 9.10. The summed E-state index contributed by atoms with van der Waals surface area (Å²) >= 11 is 0. The first-order chi connectivity index (χ1) is 40.7. The van der Waals surface area contributed by atoms with E-state index in [1.807, 2.05) is 18.2 Å². The van der Waals surface area contributed by atoms with Crippen molar-refractivity contribution in [3.05, 3.63) is 114 Å². The van der Waals surface area contributed by atoms with Crippen molar-refractivity contribution in [2.24, 2.45) is 11.1 Å². The van der Waals surface area contributed by atoms with Crippen LogP contribution in [0.1, 0.15) is 102 Å². The quantitative estimate of drug-likeness (QED) is 0.0243. The zero-order valence-corrected chi connectivity index (χ0v) is 48.2. The zero-order chi connectivity index (χ0) is 63.3. The van der Waals surface area contributed by atoms with Crippen LogP contribution in [0.5, 0.6) is 0 Å². The molecule has 3 heterocycles. The number of carbonyl (C=O) groups is 12. The van der Waals surface area contributed by atoms with Gasteiger partial charge < -0.3 is 62.4 Å². The summed E-state index contributed by atoms with van der Waals surface area (Å²) in [7, 11) is 0. The molecule has 0 saturated carbocycles. The van der Waals surface area contributed by atoms with E-state index in [2.05, 4.69) is 42.2 Å². The minimum absolute atomic E-state index is 0.0429. The highest BCUT2D eigenvalue weighted by atomic mass is 19.1. The molecule has 86 heavy (non-hydrogen) atoms. The number of amides is 11. The van der Waals surface area contributed by atoms with Crippen LogP contribution in [-0.2, 0) is 75.3 Å². The lowest BCUT2D eigenvalue weighted by atomic mass is 9.82. The molecule has 5 rings (SSSR count). The van der Waals surface area contributed by atoms with Gasteiger partial charge in [0.2, 0.25) is 53.2 Å². The van der Waals surface area contributed by atoms with Gasteiger partial charge in [-0.2, -0.15) is 0 Å². The van der Waals surface area contributed by atoms with Crippen molar-refractivity contribution in [3.8, 4) is 11.1 Å². The van der Waals surface area contributed by atoms with E-state index in [-0.39, 0.29) is 69.3 Å². The maximum atomic E-state index is 15.4. The Labute approximate surface area is 494 Å². The molecule has 28 heteroatoms. The first-order valence-corrected chi connectivity index (χ1v) is 27.6. The molecule has 11 amide bonds. The number of hydrogen-bond acceptors (Lipinski definition) is 15. The predicted octanol–water partition coefficient (Wildman–Crippen LogP) is 0.398. The van der Waals surface area contributed by atoms with Crippen molar-refractivity contribution < 1.29 is 76.3 Å². The van der Waals surface area contributed by atoms with Crippen LogP contribution >= 0.6 is 0 Å². The third-order valence-electron chi connectivity index (χ3n) is 13.4. The molecule has 5 atom stereocenters. The molecule has 0 aliphatic carbocycles. The highest BCUT2D eigenvalue weighted by Crippen LogP contribution is 2.41. The molecule has 0 radical (unpaired) electrons. The Morgan fingerprint density at radius 2 is 1.37 bits per heavy atom. The topological polar surface area (TPSA) is 369 Å². The lowest BCUT2D eigenvalue weighted by Gasteiger charge is -2.41. The summed E-state index contributed by atoms with van der Waals surface area (Å²) in [4.78, 5) is 165. The van der Waals surface area contributed by atoms with Gasteiger partial charge in [0.05, 0.1) is 25.4 Å². The van der Waals surface area contributed by atoms with Gasteiger partial charge in [-0.3, -0.25) is 57.7 Å². The molecule has 0 unspecified atom stereocenters. The first kappa shape index (κ1) is 67.3. The zero-order valence-electron chi connectivity index (χ0n) is 48.2. The van der Waals surface area contributed by atoms with Crippen molar-refractivity contribution in [2.45, 2.75) is 123 Å². The minimum atomic E-state index is -1.78. The van der Waals surface area contributed by atoms with Crippen LogP contribution in [0.3, 0.4) is 0 Å². The largest absolute Gasteiger partial charge is 0.387 e. The number of pyridine rings is 1. The number of carbonyl (C=O) groups excluding carboxylic acids is 12. The average molecular weight is 1200 g/mol. The number of nitrogens with one attached hydrogen (secondary N) is 7. The highest BCUT2D eigenvalue weighted by Gasteiger charge is 2.39. The monoisotopic (exact) mass is 1200 g/mol. The standard InChI is InChI=1S/C58H72F2N12O14/c1-34(66-47(76)26-36-18-21-62-22-19-36)54(82)67-35(2)55(83)69-43(29-45(61)74)57(85)68-42(56(84)64-24-23-63-48(77)30-65-46(75)12-9-13-52(81)86-72-49(78)16-17-50(72)79)20-25-71(51(80)33-73)53(58(3,4)5)44-27-38(40-28-39(59)14-15-41(40)60)32-70(44)31-37-10-7-6-8-11-37/h6-8,10-11,14-15,18-19,21-22,27-28,32,34-35,42-43,53,73H,9,12-13,16-17,20,23-26,29-31,33H2,1-5H3,(H2,61,74)(H,63,77)(H,64,84)(H,65,75)(H,66,76)(H,67,82)(H,68,85)(H,69,83)/t34-,35+,42-,43-,53-/m0/s1. The minimum Gasteiger partial charge on any atom is -0.387 e. The Kier molecular flexibility index (Phi) is 25.0. The second-order valence-corrected chi connectivity index (χ2v) is 21.4. The Balaban J connectivity index is 1.34. The number of hydrogen-bond donors (Lipinski definition) is 9. The molecule has 0 spiro atoms. The molecule has 0 bridgehead atoms. The maximum absolute atomic E-state index is 15.4. The third-order valence-corrected chi connectivity index (χ3v) is 13.4. The number of imide groups is 1. The van der Waals surface area contributed by atoms with Crippen molar-refractivity contribution in [1.29, 1.82) is 0 Å². The van der Waals surface area contributed by atoms with E-state index in [0.29, 0.717) is 16.3 Å².